The van der Waals surface area contributed by atoms with E-state index in [1.807, 2.05) is 49.1 Å². The van der Waals surface area contributed by atoms with E-state index in [1.54, 1.807) is 0 Å². The molecule has 3 nitrogen and oxygen atoms in total. The van der Waals surface area contributed by atoms with Crippen LogP contribution in [0.4, 0.5) is 0 Å². The summed E-state index contributed by atoms with van der Waals surface area (Å²) in [5, 5.41) is 5.07. The highest BCUT2D eigenvalue weighted by Gasteiger charge is 2.10. The molecule has 0 aliphatic heterocycles. The molecule has 1 heterocycles. The minimum Gasteiger partial charge on any atom is -0.283 e. The predicted octanol–water partition coefficient (Wildman–Crippen LogP) is 2.08. The molecule has 0 fully saturated rings. The summed E-state index contributed by atoms with van der Waals surface area (Å²) in [6.45, 7) is 4.07. The second kappa shape index (κ2) is 3.25. The maximum Gasteiger partial charge on any atom is 0.256 e. The number of hydrogen-bond donors (Lipinski definition) is 0. The van der Waals surface area contributed by atoms with Crippen LogP contribution in [0.25, 0.3) is 10.9 Å². The number of rotatable bonds is 2. The fourth-order valence-corrected chi connectivity index (χ4v) is 1.56. The van der Waals surface area contributed by atoms with Gasteiger partial charge in [0.2, 0.25) is 0 Å². The summed E-state index contributed by atoms with van der Waals surface area (Å²) >= 11 is 0. The Morgan fingerprint density at radius 1 is 1.36 bits per heavy atom. The predicted molar refractivity (Wildman–Crippen MR) is 54.9 cm³/mol. The normalized spacial score (nSPS) is 11.1. The third-order valence-electron chi connectivity index (χ3n) is 2.20. The van der Waals surface area contributed by atoms with E-state index in [0.717, 1.165) is 10.9 Å². The molecule has 2 aromatic rings. The maximum absolute atomic E-state index is 10.7. The summed E-state index contributed by atoms with van der Waals surface area (Å²) in [6.07, 6.45) is 1.86. The molecule has 1 aromatic carbocycles. The highest BCUT2D eigenvalue weighted by Crippen LogP contribution is 2.20. The van der Waals surface area contributed by atoms with Gasteiger partial charge in [-0.25, -0.2) is 0 Å². The van der Waals surface area contributed by atoms with Crippen LogP contribution >= 0.6 is 0 Å². The van der Waals surface area contributed by atoms with Crippen LogP contribution in [0.3, 0.4) is 0 Å². The van der Waals surface area contributed by atoms with E-state index in [4.69, 9.17) is 0 Å². The van der Waals surface area contributed by atoms with Gasteiger partial charge in [-0.2, -0.15) is 5.10 Å². The van der Waals surface area contributed by atoms with Gasteiger partial charge in [0.1, 0.15) is 5.69 Å². The Morgan fingerprint density at radius 2 is 2.07 bits per heavy atom. The Balaban J connectivity index is 2.79. The van der Waals surface area contributed by atoms with E-state index in [-0.39, 0.29) is 6.04 Å². The summed E-state index contributed by atoms with van der Waals surface area (Å²) in [6, 6.07) is 7.94. The fraction of sp³-hybridized carbons (Fsp3) is 0.273. The molecule has 0 amide bonds. The Bertz CT molecular complexity index is 471. The van der Waals surface area contributed by atoms with Gasteiger partial charge in [0.25, 0.3) is 6.29 Å². The minimum absolute atomic E-state index is 0.252. The molecule has 0 saturated carbocycles. The zero-order chi connectivity index (χ0) is 10.1. The first-order valence-corrected chi connectivity index (χ1v) is 4.59. The maximum atomic E-state index is 10.7. The molecule has 2 rings (SSSR count). The molecule has 1 aromatic heterocycles. The first-order valence-electron chi connectivity index (χ1n) is 4.59. The Kier molecular flexibility index (Phi) is 2.08. The van der Waals surface area contributed by atoms with Crippen LogP contribution in [-0.4, -0.2) is 16.1 Å². The molecule has 0 bridgehead atoms. The summed E-state index contributed by atoms with van der Waals surface area (Å²) in [5.74, 6) is 0. The third-order valence-corrected chi connectivity index (χ3v) is 2.20. The molecule has 1 radical (unpaired) electrons. The number of fused-ring (bicyclic) bond motifs is 1. The van der Waals surface area contributed by atoms with Crippen LogP contribution in [0, 0.1) is 0 Å². The van der Waals surface area contributed by atoms with Crippen LogP contribution in [0.5, 0.6) is 0 Å². The van der Waals surface area contributed by atoms with Crippen LogP contribution < -0.4 is 0 Å². The Labute approximate surface area is 82.3 Å². The molecule has 14 heavy (non-hydrogen) atoms. The largest absolute Gasteiger partial charge is 0.283 e. The van der Waals surface area contributed by atoms with Crippen molar-refractivity contribution in [1.29, 1.82) is 0 Å². The van der Waals surface area contributed by atoms with Crippen LogP contribution in [0.1, 0.15) is 25.6 Å². The first-order chi connectivity index (χ1) is 6.74. The van der Waals surface area contributed by atoms with Crippen molar-refractivity contribution in [3.8, 4) is 0 Å². The van der Waals surface area contributed by atoms with E-state index in [9.17, 15) is 4.79 Å². The molecule has 0 atom stereocenters. The number of carbonyl (C=O) groups excluding carboxylic acids is 1. The van der Waals surface area contributed by atoms with Gasteiger partial charge in [0, 0.05) is 11.4 Å². The highest BCUT2D eigenvalue weighted by molar-refractivity contribution is 5.95. The summed E-state index contributed by atoms with van der Waals surface area (Å²) in [4.78, 5) is 10.7. The topological polar surface area (TPSA) is 34.9 Å². The lowest BCUT2D eigenvalue weighted by Gasteiger charge is -2.05. The van der Waals surface area contributed by atoms with Crippen molar-refractivity contribution < 1.29 is 4.79 Å². The van der Waals surface area contributed by atoms with Gasteiger partial charge in [-0.3, -0.25) is 9.48 Å². The molecule has 0 N–H and O–H groups in total. The summed E-state index contributed by atoms with van der Waals surface area (Å²) in [7, 11) is 0. The zero-order valence-corrected chi connectivity index (χ0v) is 8.19. The minimum atomic E-state index is 0.252. The lowest BCUT2D eigenvalue weighted by Crippen LogP contribution is -2.02. The van der Waals surface area contributed by atoms with E-state index in [0.29, 0.717) is 5.69 Å². The molecule has 0 unspecified atom stereocenters. The summed E-state index contributed by atoms with van der Waals surface area (Å²) < 4.78 is 1.84. The number of nitrogens with zero attached hydrogens (tertiary/aromatic N) is 2. The molecule has 71 valence electrons. The molecule has 0 saturated heterocycles. The molecular weight excluding hydrogens is 176 g/mol. The van der Waals surface area contributed by atoms with E-state index < -0.39 is 0 Å². The number of para-hydroxylation sites is 1. The van der Waals surface area contributed by atoms with Gasteiger partial charge < -0.3 is 0 Å². The van der Waals surface area contributed by atoms with Gasteiger partial charge in [0.15, 0.2) is 0 Å². The number of aromatic nitrogens is 2. The van der Waals surface area contributed by atoms with E-state index in [1.165, 1.54) is 0 Å². The average Bonchev–Trinajstić information content (AvgIpc) is 2.56. The van der Waals surface area contributed by atoms with Crippen molar-refractivity contribution in [2.75, 3.05) is 0 Å². The van der Waals surface area contributed by atoms with Gasteiger partial charge >= 0.3 is 0 Å². The van der Waals surface area contributed by atoms with Crippen LogP contribution in [0.2, 0.25) is 0 Å². The van der Waals surface area contributed by atoms with Crippen molar-refractivity contribution in [2.24, 2.45) is 0 Å². The van der Waals surface area contributed by atoms with Crippen molar-refractivity contribution >= 4 is 17.2 Å². The molecule has 0 aliphatic rings. The molecule has 0 spiro atoms. The standard InChI is InChI=1S/C11H11N2O/c1-8(2)13-11-6-4-3-5-9(11)10(7-14)12-13/h3-6,8H,1-2H3. The average molecular weight is 187 g/mol. The number of benzene rings is 1. The lowest BCUT2D eigenvalue weighted by atomic mass is 10.2. The molecule has 0 aliphatic carbocycles. The smallest absolute Gasteiger partial charge is 0.256 e. The zero-order valence-electron chi connectivity index (χ0n) is 8.19. The van der Waals surface area contributed by atoms with Crippen LogP contribution in [0.15, 0.2) is 24.3 Å². The lowest BCUT2D eigenvalue weighted by molar-refractivity contribution is 0.540. The molecular formula is C11H11N2O. The van der Waals surface area contributed by atoms with Crippen molar-refractivity contribution in [2.45, 2.75) is 19.9 Å². The van der Waals surface area contributed by atoms with E-state index in [2.05, 4.69) is 5.10 Å². The fourth-order valence-electron chi connectivity index (χ4n) is 1.56. The molecule has 3 heteroatoms. The van der Waals surface area contributed by atoms with Gasteiger partial charge in [-0.1, -0.05) is 18.2 Å². The van der Waals surface area contributed by atoms with Gasteiger partial charge in [0.05, 0.1) is 5.52 Å². The third kappa shape index (κ3) is 1.21. The SMILES string of the molecule is CC(C)n1nc([C]=O)c2ccccc21. The number of hydrogen-bond acceptors (Lipinski definition) is 2. The Morgan fingerprint density at radius 3 is 2.71 bits per heavy atom. The summed E-state index contributed by atoms with van der Waals surface area (Å²) in [5.41, 5.74) is 1.38. The van der Waals surface area contributed by atoms with Crippen molar-refractivity contribution in [3.05, 3.63) is 30.0 Å². The second-order valence-corrected chi connectivity index (χ2v) is 3.51. The second-order valence-electron chi connectivity index (χ2n) is 3.51. The quantitative estimate of drug-likeness (QED) is 0.721. The Hall–Kier alpha value is -1.64. The van der Waals surface area contributed by atoms with Gasteiger partial charge in [-0.05, 0) is 19.9 Å². The van der Waals surface area contributed by atoms with Crippen molar-refractivity contribution in [3.63, 3.8) is 0 Å². The monoisotopic (exact) mass is 187 g/mol. The van der Waals surface area contributed by atoms with Gasteiger partial charge in [-0.15, -0.1) is 0 Å². The van der Waals surface area contributed by atoms with Crippen molar-refractivity contribution in [1.82, 2.24) is 9.78 Å². The van der Waals surface area contributed by atoms with E-state index >= 15 is 0 Å². The highest BCUT2D eigenvalue weighted by atomic mass is 16.1. The van der Waals surface area contributed by atoms with Crippen LogP contribution in [-0.2, 0) is 4.79 Å². The first kappa shape index (κ1) is 8.94.